The van der Waals surface area contributed by atoms with E-state index in [0.717, 1.165) is 10.2 Å². The predicted octanol–water partition coefficient (Wildman–Crippen LogP) is 1.82. The van der Waals surface area contributed by atoms with Gasteiger partial charge in [-0.15, -0.1) is 0 Å². The Morgan fingerprint density at radius 1 is 2.00 bits per heavy atom. The van der Waals surface area contributed by atoms with Crippen molar-refractivity contribution in [3.05, 3.63) is 9.89 Å². The highest BCUT2D eigenvalue weighted by atomic mass is 79.9. The molecule has 10 heavy (non-hydrogen) atoms. The number of hydrogen-bond donors (Lipinski definition) is 1. The molecule has 1 atom stereocenters. The summed E-state index contributed by atoms with van der Waals surface area (Å²) in [6, 6.07) is 0. The Balaban J connectivity index is 2.29. The molecule has 1 aliphatic rings. The van der Waals surface area contributed by atoms with E-state index >= 15 is 0 Å². The van der Waals surface area contributed by atoms with E-state index in [1.165, 1.54) is 6.92 Å². The minimum atomic E-state index is 0.0353. The molecule has 0 saturated heterocycles. The standard InChI is InChI=1S/C6H8BrNOS/c1-4(9)8-6-3-2-5(7)10-6/h2,6H,3H2,1H3,(H,8,9)/t6-/m0/s1. The van der Waals surface area contributed by atoms with Gasteiger partial charge in [-0.05, 0) is 22.4 Å². The SMILES string of the molecule is CC(=O)N[C@@H]1CC=C(Br)S1. The topological polar surface area (TPSA) is 29.1 Å². The summed E-state index contributed by atoms with van der Waals surface area (Å²) in [5.74, 6) is 0.0353. The molecule has 0 radical (unpaired) electrons. The summed E-state index contributed by atoms with van der Waals surface area (Å²) in [6.45, 7) is 1.53. The van der Waals surface area contributed by atoms with Gasteiger partial charge in [0.2, 0.25) is 5.91 Å². The van der Waals surface area contributed by atoms with Crippen molar-refractivity contribution in [1.82, 2.24) is 5.32 Å². The lowest BCUT2D eigenvalue weighted by molar-refractivity contribution is -0.119. The number of carbonyl (C=O) groups excluding carboxylic acids is 1. The highest BCUT2D eigenvalue weighted by Gasteiger charge is 2.15. The van der Waals surface area contributed by atoms with Crippen LogP contribution in [-0.4, -0.2) is 11.3 Å². The summed E-state index contributed by atoms with van der Waals surface area (Å²) in [6.07, 6.45) is 2.98. The molecule has 0 bridgehead atoms. The number of amides is 1. The number of halogens is 1. The average Bonchev–Trinajstić information content (AvgIpc) is 2.13. The average molecular weight is 222 g/mol. The normalized spacial score (nSPS) is 24.2. The number of rotatable bonds is 1. The fourth-order valence-corrected chi connectivity index (χ4v) is 2.49. The van der Waals surface area contributed by atoms with E-state index in [1.807, 2.05) is 0 Å². The van der Waals surface area contributed by atoms with Crippen LogP contribution in [0.1, 0.15) is 13.3 Å². The third kappa shape index (κ3) is 2.34. The van der Waals surface area contributed by atoms with Crippen molar-refractivity contribution in [1.29, 1.82) is 0 Å². The van der Waals surface area contributed by atoms with E-state index in [2.05, 4.69) is 27.3 Å². The van der Waals surface area contributed by atoms with Crippen molar-refractivity contribution in [2.75, 3.05) is 0 Å². The second-order valence-electron chi connectivity index (χ2n) is 2.05. The molecule has 56 valence electrons. The van der Waals surface area contributed by atoms with Crippen LogP contribution in [0.2, 0.25) is 0 Å². The third-order valence-electron chi connectivity index (χ3n) is 1.11. The van der Waals surface area contributed by atoms with E-state index in [1.54, 1.807) is 11.8 Å². The molecule has 0 aliphatic carbocycles. The minimum absolute atomic E-state index is 0.0353. The Morgan fingerprint density at radius 2 is 2.70 bits per heavy atom. The highest BCUT2D eigenvalue weighted by Crippen LogP contribution is 2.34. The molecule has 1 heterocycles. The molecule has 1 amide bonds. The van der Waals surface area contributed by atoms with E-state index in [-0.39, 0.29) is 11.3 Å². The molecule has 0 spiro atoms. The molecular formula is C6H8BrNOS. The highest BCUT2D eigenvalue weighted by molar-refractivity contribution is 9.14. The maximum absolute atomic E-state index is 10.5. The Bertz CT molecular complexity index is 181. The molecule has 0 unspecified atom stereocenters. The van der Waals surface area contributed by atoms with Gasteiger partial charge in [-0.25, -0.2) is 0 Å². The first kappa shape index (κ1) is 8.14. The fraction of sp³-hybridized carbons (Fsp3) is 0.500. The molecular weight excluding hydrogens is 214 g/mol. The molecule has 2 nitrogen and oxygen atoms in total. The first-order valence-electron chi connectivity index (χ1n) is 2.98. The van der Waals surface area contributed by atoms with Crippen LogP contribution in [0.15, 0.2) is 9.89 Å². The number of nitrogens with one attached hydrogen (secondary N) is 1. The monoisotopic (exact) mass is 221 g/mol. The van der Waals surface area contributed by atoms with Crippen LogP contribution in [0.4, 0.5) is 0 Å². The lowest BCUT2D eigenvalue weighted by Crippen LogP contribution is -2.28. The van der Waals surface area contributed by atoms with Crippen LogP contribution in [0.25, 0.3) is 0 Å². The number of carbonyl (C=O) groups is 1. The van der Waals surface area contributed by atoms with Crippen LogP contribution in [0, 0.1) is 0 Å². The molecule has 0 aromatic rings. The summed E-state index contributed by atoms with van der Waals surface area (Å²) in [5.41, 5.74) is 0. The summed E-state index contributed by atoms with van der Waals surface area (Å²) < 4.78 is 1.12. The second kappa shape index (κ2) is 3.44. The molecule has 0 aromatic carbocycles. The lowest BCUT2D eigenvalue weighted by Gasteiger charge is -2.08. The lowest BCUT2D eigenvalue weighted by atomic mass is 10.4. The molecule has 1 aliphatic heterocycles. The summed E-state index contributed by atoms with van der Waals surface area (Å²) >= 11 is 4.98. The van der Waals surface area contributed by atoms with Crippen molar-refractivity contribution < 1.29 is 4.79 Å². The molecule has 4 heteroatoms. The van der Waals surface area contributed by atoms with Gasteiger partial charge in [0, 0.05) is 10.7 Å². The zero-order chi connectivity index (χ0) is 7.56. The molecule has 1 N–H and O–H groups in total. The molecule has 0 fully saturated rings. The van der Waals surface area contributed by atoms with Gasteiger partial charge < -0.3 is 5.32 Å². The largest absolute Gasteiger partial charge is 0.344 e. The van der Waals surface area contributed by atoms with Gasteiger partial charge in [-0.2, -0.15) is 0 Å². The van der Waals surface area contributed by atoms with Gasteiger partial charge in [0.1, 0.15) is 0 Å². The van der Waals surface area contributed by atoms with Crippen molar-refractivity contribution in [3.8, 4) is 0 Å². The van der Waals surface area contributed by atoms with Gasteiger partial charge in [0.25, 0.3) is 0 Å². The zero-order valence-corrected chi connectivity index (χ0v) is 7.96. The number of hydrogen-bond acceptors (Lipinski definition) is 2. The maximum Gasteiger partial charge on any atom is 0.217 e. The van der Waals surface area contributed by atoms with Crippen molar-refractivity contribution >= 4 is 33.6 Å². The summed E-state index contributed by atoms with van der Waals surface area (Å²) in [4.78, 5) is 10.5. The Kier molecular flexibility index (Phi) is 2.80. The quantitative estimate of drug-likeness (QED) is 0.733. The molecule has 1 rings (SSSR count). The van der Waals surface area contributed by atoms with Gasteiger partial charge in [-0.3, -0.25) is 4.79 Å². The van der Waals surface area contributed by atoms with Gasteiger partial charge in [0.05, 0.1) is 5.37 Å². The number of thioether (sulfide) groups is 1. The summed E-state index contributed by atoms with van der Waals surface area (Å²) in [5, 5.41) is 3.06. The van der Waals surface area contributed by atoms with E-state index in [4.69, 9.17) is 0 Å². The minimum Gasteiger partial charge on any atom is -0.344 e. The van der Waals surface area contributed by atoms with Crippen LogP contribution in [0.3, 0.4) is 0 Å². The zero-order valence-electron chi connectivity index (χ0n) is 5.56. The smallest absolute Gasteiger partial charge is 0.217 e. The van der Waals surface area contributed by atoms with E-state index in [9.17, 15) is 4.79 Å². The van der Waals surface area contributed by atoms with Gasteiger partial charge in [0.15, 0.2) is 0 Å². The Hall–Kier alpha value is 0.0400. The Labute approximate surface area is 72.6 Å². The van der Waals surface area contributed by atoms with Crippen molar-refractivity contribution in [2.45, 2.75) is 18.7 Å². The maximum atomic E-state index is 10.5. The van der Waals surface area contributed by atoms with E-state index in [0.29, 0.717) is 0 Å². The van der Waals surface area contributed by atoms with Crippen LogP contribution in [0.5, 0.6) is 0 Å². The fourth-order valence-electron chi connectivity index (χ4n) is 0.747. The predicted molar refractivity (Wildman–Crippen MR) is 46.8 cm³/mol. The van der Waals surface area contributed by atoms with Gasteiger partial charge >= 0.3 is 0 Å². The van der Waals surface area contributed by atoms with Crippen molar-refractivity contribution in [2.24, 2.45) is 0 Å². The molecule has 0 saturated carbocycles. The van der Waals surface area contributed by atoms with Gasteiger partial charge in [-0.1, -0.05) is 17.8 Å². The van der Waals surface area contributed by atoms with Crippen LogP contribution >= 0.6 is 27.7 Å². The molecule has 0 aromatic heterocycles. The van der Waals surface area contributed by atoms with Crippen molar-refractivity contribution in [3.63, 3.8) is 0 Å². The van der Waals surface area contributed by atoms with Crippen LogP contribution in [-0.2, 0) is 4.79 Å². The second-order valence-corrected chi connectivity index (χ2v) is 4.67. The summed E-state index contributed by atoms with van der Waals surface area (Å²) in [7, 11) is 0. The third-order valence-corrected chi connectivity index (χ3v) is 2.98. The first-order valence-corrected chi connectivity index (χ1v) is 4.65. The van der Waals surface area contributed by atoms with E-state index < -0.39 is 0 Å². The first-order chi connectivity index (χ1) is 4.68. The Morgan fingerprint density at radius 3 is 3.10 bits per heavy atom. The van der Waals surface area contributed by atoms with Crippen LogP contribution < -0.4 is 5.32 Å².